The lowest BCUT2D eigenvalue weighted by atomic mass is 10.4. The molecule has 0 aliphatic carbocycles. The van der Waals surface area contributed by atoms with Gasteiger partial charge in [0.05, 0.1) is 15.8 Å². The van der Waals surface area contributed by atoms with Crippen molar-refractivity contribution in [3.05, 3.63) is 40.4 Å². The van der Waals surface area contributed by atoms with Crippen LogP contribution in [-0.2, 0) is 6.54 Å². The number of hydrogen-bond donors (Lipinski definition) is 1. The SMILES string of the molecule is Ic1cncnc1NCc1ccncn1. The lowest BCUT2D eigenvalue weighted by Gasteiger charge is -2.05. The van der Waals surface area contributed by atoms with Gasteiger partial charge in [0.2, 0.25) is 0 Å². The minimum Gasteiger partial charge on any atom is -0.363 e. The third-order valence-electron chi connectivity index (χ3n) is 1.75. The average Bonchev–Trinajstić information content (AvgIpc) is 2.29. The minimum absolute atomic E-state index is 0.634. The van der Waals surface area contributed by atoms with Crippen LogP contribution in [0, 0.1) is 3.57 Å². The quantitative estimate of drug-likeness (QED) is 0.870. The predicted molar refractivity (Wildman–Crippen MR) is 64.1 cm³/mol. The second-order valence-electron chi connectivity index (χ2n) is 2.77. The molecule has 6 heteroatoms. The Labute approximate surface area is 101 Å². The molecule has 1 N–H and O–H groups in total. The van der Waals surface area contributed by atoms with Crippen LogP contribution in [0.4, 0.5) is 5.82 Å². The highest BCUT2D eigenvalue weighted by Gasteiger charge is 2.00. The van der Waals surface area contributed by atoms with Gasteiger partial charge < -0.3 is 5.32 Å². The third-order valence-corrected chi connectivity index (χ3v) is 2.54. The van der Waals surface area contributed by atoms with E-state index in [-0.39, 0.29) is 0 Å². The standard InChI is InChI=1S/C9H8IN5/c10-8-4-12-6-15-9(8)13-3-7-1-2-11-5-14-7/h1-2,4-6H,3H2,(H,12,13,15). The van der Waals surface area contributed by atoms with Crippen molar-refractivity contribution in [2.75, 3.05) is 5.32 Å². The maximum absolute atomic E-state index is 4.12. The molecule has 76 valence electrons. The van der Waals surface area contributed by atoms with Gasteiger partial charge in [-0.1, -0.05) is 0 Å². The fraction of sp³-hybridized carbons (Fsp3) is 0.111. The molecule has 0 unspecified atom stereocenters. The first-order chi connectivity index (χ1) is 7.36. The minimum atomic E-state index is 0.634. The molecule has 0 aromatic carbocycles. The molecule has 0 aliphatic heterocycles. The monoisotopic (exact) mass is 313 g/mol. The second kappa shape index (κ2) is 4.96. The Bertz CT molecular complexity index is 434. The first kappa shape index (κ1) is 10.2. The molecule has 2 aromatic rings. The summed E-state index contributed by atoms with van der Waals surface area (Å²) in [6, 6.07) is 1.86. The van der Waals surface area contributed by atoms with E-state index >= 15 is 0 Å². The van der Waals surface area contributed by atoms with Crippen LogP contribution >= 0.6 is 22.6 Å². The molecule has 0 bridgehead atoms. The summed E-state index contributed by atoms with van der Waals surface area (Å²) in [6.07, 6.45) is 6.53. The zero-order valence-electron chi connectivity index (χ0n) is 7.76. The molecule has 15 heavy (non-hydrogen) atoms. The summed E-state index contributed by atoms with van der Waals surface area (Å²) in [5.41, 5.74) is 0.930. The molecule has 0 atom stereocenters. The van der Waals surface area contributed by atoms with Gasteiger partial charge >= 0.3 is 0 Å². The van der Waals surface area contributed by atoms with Crippen molar-refractivity contribution in [2.24, 2.45) is 0 Å². The summed E-state index contributed by atoms with van der Waals surface area (Å²) in [5.74, 6) is 0.823. The van der Waals surface area contributed by atoms with Gasteiger partial charge in [0, 0.05) is 12.4 Å². The van der Waals surface area contributed by atoms with Crippen molar-refractivity contribution >= 4 is 28.4 Å². The van der Waals surface area contributed by atoms with E-state index in [4.69, 9.17) is 0 Å². The number of nitrogens with zero attached hydrogens (tertiary/aromatic N) is 4. The van der Waals surface area contributed by atoms with Gasteiger partial charge in [-0.2, -0.15) is 0 Å². The number of rotatable bonds is 3. The Balaban J connectivity index is 2.03. The van der Waals surface area contributed by atoms with E-state index in [9.17, 15) is 0 Å². The van der Waals surface area contributed by atoms with Crippen LogP contribution in [0.3, 0.4) is 0 Å². The van der Waals surface area contributed by atoms with E-state index in [2.05, 4.69) is 47.8 Å². The van der Waals surface area contributed by atoms with Gasteiger partial charge in [0.1, 0.15) is 18.5 Å². The van der Waals surface area contributed by atoms with Crippen molar-refractivity contribution in [2.45, 2.75) is 6.54 Å². The van der Waals surface area contributed by atoms with E-state index < -0.39 is 0 Å². The Morgan fingerprint density at radius 3 is 2.80 bits per heavy atom. The van der Waals surface area contributed by atoms with Crippen molar-refractivity contribution < 1.29 is 0 Å². The highest BCUT2D eigenvalue weighted by molar-refractivity contribution is 14.1. The van der Waals surface area contributed by atoms with Crippen LogP contribution in [0.15, 0.2) is 31.1 Å². The first-order valence-electron chi connectivity index (χ1n) is 4.30. The predicted octanol–water partition coefficient (Wildman–Crippen LogP) is 1.48. The molecular weight excluding hydrogens is 305 g/mol. The summed E-state index contributed by atoms with van der Waals surface area (Å²) in [6.45, 7) is 0.634. The normalized spacial score (nSPS) is 9.93. The van der Waals surface area contributed by atoms with Crippen molar-refractivity contribution in [1.29, 1.82) is 0 Å². The fourth-order valence-electron chi connectivity index (χ4n) is 1.04. The lowest BCUT2D eigenvalue weighted by Crippen LogP contribution is -2.04. The maximum Gasteiger partial charge on any atom is 0.143 e. The molecule has 0 amide bonds. The summed E-state index contributed by atoms with van der Waals surface area (Å²) in [7, 11) is 0. The molecule has 0 radical (unpaired) electrons. The summed E-state index contributed by atoms with van der Waals surface area (Å²) in [4.78, 5) is 16.0. The van der Waals surface area contributed by atoms with Gasteiger partial charge in [-0.3, -0.25) is 0 Å². The Hall–Kier alpha value is -1.31. The van der Waals surface area contributed by atoms with Crippen LogP contribution in [0.5, 0.6) is 0 Å². The average molecular weight is 313 g/mol. The lowest BCUT2D eigenvalue weighted by molar-refractivity contribution is 0.987. The number of halogens is 1. The molecule has 2 heterocycles. The smallest absolute Gasteiger partial charge is 0.143 e. The molecule has 2 rings (SSSR count). The van der Waals surface area contributed by atoms with E-state index in [1.54, 1.807) is 12.4 Å². The molecule has 0 saturated carbocycles. The van der Waals surface area contributed by atoms with Crippen molar-refractivity contribution in [1.82, 2.24) is 19.9 Å². The highest BCUT2D eigenvalue weighted by Crippen LogP contribution is 2.12. The van der Waals surface area contributed by atoms with Gasteiger partial charge in [-0.15, -0.1) is 0 Å². The molecule has 2 aromatic heterocycles. The number of anilines is 1. The van der Waals surface area contributed by atoms with Gasteiger partial charge in [0.15, 0.2) is 0 Å². The Morgan fingerprint density at radius 2 is 2.07 bits per heavy atom. The molecule has 0 saturated heterocycles. The number of hydrogen-bond acceptors (Lipinski definition) is 5. The van der Waals surface area contributed by atoms with Crippen LogP contribution in [0.1, 0.15) is 5.69 Å². The highest BCUT2D eigenvalue weighted by atomic mass is 127. The molecule has 0 spiro atoms. The summed E-state index contributed by atoms with van der Waals surface area (Å²) >= 11 is 2.18. The van der Waals surface area contributed by atoms with E-state index in [0.29, 0.717) is 6.54 Å². The summed E-state index contributed by atoms with van der Waals surface area (Å²) < 4.78 is 0.990. The van der Waals surface area contributed by atoms with E-state index in [1.165, 1.54) is 12.7 Å². The van der Waals surface area contributed by atoms with E-state index in [1.807, 2.05) is 6.07 Å². The van der Waals surface area contributed by atoms with Crippen LogP contribution in [-0.4, -0.2) is 19.9 Å². The van der Waals surface area contributed by atoms with Crippen molar-refractivity contribution in [3.8, 4) is 0 Å². The molecule has 0 fully saturated rings. The summed E-state index contributed by atoms with van der Waals surface area (Å²) in [5, 5.41) is 3.18. The Kier molecular flexibility index (Phi) is 3.38. The molecule has 5 nitrogen and oxygen atoms in total. The van der Waals surface area contributed by atoms with Crippen LogP contribution in [0.2, 0.25) is 0 Å². The first-order valence-corrected chi connectivity index (χ1v) is 5.38. The Morgan fingerprint density at radius 1 is 1.20 bits per heavy atom. The number of nitrogens with one attached hydrogen (secondary N) is 1. The van der Waals surface area contributed by atoms with Crippen LogP contribution in [0.25, 0.3) is 0 Å². The molecular formula is C9H8IN5. The largest absolute Gasteiger partial charge is 0.363 e. The number of aromatic nitrogens is 4. The molecule has 0 aliphatic rings. The van der Waals surface area contributed by atoms with Crippen molar-refractivity contribution in [3.63, 3.8) is 0 Å². The second-order valence-corrected chi connectivity index (χ2v) is 3.94. The fourth-order valence-corrected chi connectivity index (χ4v) is 1.53. The van der Waals surface area contributed by atoms with Crippen LogP contribution < -0.4 is 5.32 Å². The topological polar surface area (TPSA) is 63.6 Å². The zero-order valence-corrected chi connectivity index (χ0v) is 9.92. The zero-order chi connectivity index (χ0) is 10.5. The van der Waals surface area contributed by atoms with Gasteiger partial charge in [-0.05, 0) is 28.7 Å². The maximum atomic E-state index is 4.12. The van der Waals surface area contributed by atoms with E-state index in [0.717, 1.165) is 15.1 Å². The third kappa shape index (κ3) is 2.82. The van der Waals surface area contributed by atoms with Gasteiger partial charge in [0.25, 0.3) is 0 Å². The van der Waals surface area contributed by atoms with Gasteiger partial charge in [-0.25, -0.2) is 19.9 Å².